The molecule has 4 nitrogen and oxygen atoms in total. The Labute approximate surface area is 137 Å². The van der Waals surface area contributed by atoms with Crippen molar-refractivity contribution >= 4 is 32.8 Å². The first-order chi connectivity index (χ1) is 10.9. The molecule has 0 unspecified atom stereocenters. The molecule has 1 heterocycles. The number of nitrogens with zero attached hydrogens (tertiary/aromatic N) is 2. The molecule has 0 saturated carbocycles. The van der Waals surface area contributed by atoms with E-state index in [2.05, 4.69) is 0 Å². The van der Waals surface area contributed by atoms with Gasteiger partial charge in [-0.3, -0.25) is 0 Å². The third kappa shape index (κ3) is 2.38. The van der Waals surface area contributed by atoms with E-state index in [4.69, 9.17) is 16.9 Å². The molecule has 0 radical (unpaired) electrons. The fraction of sp³-hybridized carbons (Fsp3) is 0.0625. The van der Waals surface area contributed by atoms with Crippen molar-refractivity contribution in [3.63, 3.8) is 0 Å². The fourth-order valence-electron chi connectivity index (χ4n) is 2.38. The molecule has 0 aliphatic carbocycles. The van der Waals surface area contributed by atoms with Crippen LogP contribution in [-0.4, -0.2) is 8.42 Å². The molecule has 0 N–H and O–H groups in total. The fourth-order valence-corrected chi connectivity index (χ4v) is 3.83. The third-order valence-electron chi connectivity index (χ3n) is 3.50. The van der Waals surface area contributed by atoms with Crippen LogP contribution in [0.25, 0.3) is 0 Å². The molecule has 23 heavy (non-hydrogen) atoms. The summed E-state index contributed by atoms with van der Waals surface area (Å²) in [6, 6.07) is 10.7. The van der Waals surface area contributed by atoms with Crippen molar-refractivity contribution in [2.75, 3.05) is 4.90 Å². The molecule has 0 amide bonds. The minimum atomic E-state index is -3.91. The van der Waals surface area contributed by atoms with Gasteiger partial charge in [-0.05, 0) is 36.8 Å². The molecule has 7 heteroatoms. The van der Waals surface area contributed by atoms with Gasteiger partial charge in [0.05, 0.1) is 21.3 Å². The molecule has 2 aromatic carbocycles. The minimum absolute atomic E-state index is 0.0403. The Morgan fingerprint density at radius 1 is 1.22 bits per heavy atom. The minimum Gasteiger partial charge on any atom is -0.311 e. The maximum Gasteiger partial charge on any atom is 0.220 e. The maximum atomic E-state index is 14.4. The highest BCUT2D eigenvalue weighted by molar-refractivity contribution is 7.95. The molecule has 1 aliphatic heterocycles. The van der Waals surface area contributed by atoms with Gasteiger partial charge in [0.2, 0.25) is 9.84 Å². The van der Waals surface area contributed by atoms with Crippen molar-refractivity contribution in [2.24, 2.45) is 0 Å². The second-order valence-corrected chi connectivity index (χ2v) is 7.32. The summed E-state index contributed by atoms with van der Waals surface area (Å²) in [6.07, 6.45) is 1.12. The molecule has 0 saturated heterocycles. The van der Waals surface area contributed by atoms with Crippen LogP contribution in [0.2, 0.25) is 5.02 Å². The van der Waals surface area contributed by atoms with Crippen molar-refractivity contribution in [1.29, 1.82) is 5.26 Å². The molecule has 116 valence electrons. The number of halogens is 2. The Balaban J connectivity index is 2.36. The first-order valence-electron chi connectivity index (χ1n) is 6.57. The predicted octanol–water partition coefficient (Wildman–Crippen LogP) is 4.08. The van der Waals surface area contributed by atoms with E-state index in [0.29, 0.717) is 0 Å². The number of allylic oxidation sites excluding steroid dienone is 1. The monoisotopic (exact) mass is 348 g/mol. The normalized spacial score (nSPS) is 15.6. The highest BCUT2D eigenvalue weighted by Crippen LogP contribution is 2.41. The van der Waals surface area contributed by atoms with E-state index in [0.717, 1.165) is 11.8 Å². The average Bonchev–Trinajstić information content (AvgIpc) is 2.50. The molecular formula is C16H10ClFN2O2S. The lowest BCUT2D eigenvalue weighted by atomic mass is 10.2. The van der Waals surface area contributed by atoms with Gasteiger partial charge in [0.15, 0.2) is 10.7 Å². The average molecular weight is 349 g/mol. The van der Waals surface area contributed by atoms with Gasteiger partial charge >= 0.3 is 0 Å². The summed E-state index contributed by atoms with van der Waals surface area (Å²) in [5.41, 5.74) is 1.16. The van der Waals surface area contributed by atoms with Gasteiger partial charge in [0.1, 0.15) is 6.07 Å². The van der Waals surface area contributed by atoms with Gasteiger partial charge in [-0.15, -0.1) is 0 Å². The first kappa shape index (κ1) is 15.5. The van der Waals surface area contributed by atoms with Crippen molar-refractivity contribution in [2.45, 2.75) is 11.8 Å². The first-order valence-corrected chi connectivity index (χ1v) is 8.43. The number of hydrogen-bond acceptors (Lipinski definition) is 4. The highest BCUT2D eigenvalue weighted by atomic mass is 35.5. The van der Waals surface area contributed by atoms with E-state index >= 15 is 0 Å². The number of aryl methyl sites for hydroxylation is 1. The molecule has 2 aromatic rings. The van der Waals surface area contributed by atoms with Crippen LogP contribution in [-0.2, 0) is 9.84 Å². The molecule has 0 spiro atoms. The topological polar surface area (TPSA) is 61.2 Å². The quantitative estimate of drug-likeness (QED) is 0.779. The Kier molecular flexibility index (Phi) is 3.63. The summed E-state index contributed by atoms with van der Waals surface area (Å²) in [6.45, 7) is 1.79. The van der Waals surface area contributed by atoms with E-state index in [9.17, 15) is 12.8 Å². The zero-order valence-corrected chi connectivity index (χ0v) is 13.5. The standard InChI is InChI=1S/C16H10ClFN2O2S/c1-10-5-6-15-14(7-10)20(9-11(8-19)23(15,21)22)13-4-2-3-12(17)16(13)18/h2-7,9H,1H3. The van der Waals surface area contributed by atoms with Crippen LogP contribution in [0.4, 0.5) is 15.8 Å². The van der Waals surface area contributed by atoms with Gasteiger partial charge in [0.25, 0.3) is 0 Å². The third-order valence-corrected chi connectivity index (χ3v) is 5.49. The van der Waals surface area contributed by atoms with E-state index in [1.54, 1.807) is 31.2 Å². The van der Waals surface area contributed by atoms with Crippen LogP contribution in [0.1, 0.15) is 5.56 Å². The zero-order chi connectivity index (χ0) is 16.8. The van der Waals surface area contributed by atoms with Crippen LogP contribution in [0.3, 0.4) is 0 Å². The van der Waals surface area contributed by atoms with Crippen molar-refractivity contribution in [3.8, 4) is 6.07 Å². The largest absolute Gasteiger partial charge is 0.311 e. The predicted molar refractivity (Wildman–Crippen MR) is 85.6 cm³/mol. The molecule has 0 bridgehead atoms. The summed E-state index contributed by atoms with van der Waals surface area (Å²) in [5.74, 6) is -0.686. The molecule has 0 atom stereocenters. The van der Waals surface area contributed by atoms with Gasteiger partial charge in [-0.1, -0.05) is 23.7 Å². The lowest BCUT2D eigenvalue weighted by Crippen LogP contribution is -2.22. The number of anilines is 2. The molecule has 3 rings (SSSR count). The van der Waals surface area contributed by atoms with Crippen molar-refractivity contribution in [3.05, 3.63) is 63.9 Å². The molecular weight excluding hydrogens is 339 g/mol. The van der Waals surface area contributed by atoms with Gasteiger partial charge < -0.3 is 4.90 Å². The van der Waals surface area contributed by atoms with E-state index in [1.807, 2.05) is 0 Å². The van der Waals surface area contributed by atoms with Crippen LogP contribution < -0.4 is 4.90 Å². The van der Waals surface area contributed by atoms with Crippen LogP contribution in [0, 0.1) is 24.1 Å². The summed E-state index contributed by atoms with van der Waals surface area (Å²) in [7, 11) is -3.91. The van der Waals surface area contributed by atoms with Crippen LogP contribution >= 0.6 is 11.6 Å². The number of sulfone groups is 1. The second-order valence-electron chi connectivity index (χ2n) is 5.02. The van der Waals surface area contributed by atoms with Crippen LogP contribution in [0.5, 0.6) is 0 Å². The lowest BCUT2D eigenvalue weighted by molar-refractivity contribution is 0.601. The number of benzene rings is 2. The van der Waals surface area contributed by atoms with Gasteiger partial charge in [0, 0.05) is 6.20 Å². The van der Waals surface area contributed by atoms with Gasteiger partial charge in [-0.25, -0.2) is 12.8 Å². The van der Waals surface area contributed by atoms with Crippen LogP contribution in [0.15, 0.2) is 52.4 Å². The van der Waals surface area contributed by atoms with E-state index < -0.39 is 20.6 Å². The molecule has 1 aliphatic rings. The van der Waals surface area contributed by atoms with Crippen molar-refractivity contribution in [1.82, 2.24) is 0 Å². The Morgan fingerprint density at radius 3 is 2.65 bits per heavy atom. The number of fused-ring (bicyclic) bond motifs is 1. The summed E-state index contributed by atoms with van der Waals surface area (Å²) >= 11 is 5.81. The molecule has 0 fully saturated rings. The summed E-state index contributed by atoms with van der Waals surface area (Å²) in [4.78, 5) is 0.845. The number of rotatable bonds is 1. The zero-order valence-electron chi connectivity index (χ0n) is 11.9. The van der Waals surface area contributed by atoms with E-state index in [-0.39, 0.29) is 21.3 Å². The second kappa shape index (κ2) is 5.37. The van der Waals surface area contributed by atoms with E-state index in [1.165, 1.54) is 23.1 Å². The Hall–Kier alpha value is -2.36. The Morgan fingerprint density at radius 2 is 1.96 bits per heavy atom. The number of nitriles is 1. The van der Waals surface area contributed by atoms with Gasteiger partial charge in [-0.2, -0.15) is 5.26 Å². The summed E-state index contributed by atoms with van der Waals surface area (Å²) in [5, 5.41) is 9.07. The highest BCUT2D eigenvalue weighted by Gasteiger charge is 2.33. The molecule has 0 aromatic heterocycles. The SMILES string of the molecule is Cc1ccc2c(c1)N(c1cccc(Cl)c1F)C=C(C#N)S2(=O)=O. The summed E-state index contributed by atoms with van der Waals surface area (Å²) < 4.78 is 39.2. The van der Waals surface area contributed by atoms with Crippen molar-refractivity contribution < 1.29 is 12.8 Å². The smallest absolute Gasteiger partial charge is 0.220 e. The lowest BCUT2D eigenvalue weighted by Gasteiger charge is -2.28. The maximum absolute atomic E-state index is 14.4. The number of hydrogen-bond donors (Lipinski definition) is 0. The Bertz CT molecular complexity index is 994.